The lowest BCUT2D eigenvalue weighted by atomic mass is 10.2. The molecule has 0 N–H and O–H groups in total. The SMILES string of the molecule is Cc1cc(-c2nc(CCl)cs2)c(C)s1. The van der Waals surface area contributed by atoms with Crippen molar-refractivity contribution in [2.24, 2.45) is 0 Å². The molecule has 0 amide bonds. The van der Waals surface area contributed by atoms with E-state index in [1.165, 1.54) is 15.3 Å². The predicted octanol–water partition coefficient (Wildman–Crippen LogP) is 4.23. The number of thiazole rings is 1. The first kappa shape index (κ1) is 10.1. The number of aromatic nitrogens is 1. The smallest absolute Gasteiger partial charge is 0.124 e. The summed E-state index contributed by atoms with van der Waals surface area (Å²) in [4.78, 5) is 7.13. The second kappa shape index (κ2) is 4.01. The van der Waals surface area contributed by atoms with Crippen LogP contribution in [0.3, 0.4) is 0 Å². The van der Waals surface area contributed by atoms with Crippen molar-refractivity contribution in [3.63, 3.8) is 0 Å². The van der Waals surface area contributed by atoms with Gasteiger partial charge in [0.2, 0.25) is 0 Å². The number of alkyl halides is 1. The normalized spacial score (nSPS) is 10.8. The van der Waals surface area contributed by atoms with Crippen LogP contribution in [0.1, 0.15) is 15.4 Å². The summed E-state index contributed by atoms with van der Waals surface area (Å²) in [6.07, 6.45) is 0. The van der Waals surface area contributed by atoms with Crippen molar-refractivity contribution in [2.45, 2.75) is 19.7 Å². The van der Waals surface area contributed by atoms with E-state index in [1.54, 1.807) is 11.3 Å². The first-order valence-corrected chi connectivity index (χ1v) is 6.51. The molecule has 0 aliphatic rings. The summed E-state index contributed by atoms with van der Waals surface area (Å²) in [6.45, 7) is 4.26. The number of aryl methyl sites for hydroxylation is 2. The van der Waals surface area contributed by atoms with E-state index in [9.17, 15) is 0 Å². The minimum Gasteiger partial charge on any atom is -0.240 e. The predicted molar refractivity (Wildman–Crippen MR) is 64.5 cm³/mol. The summed E-state index contributed by atoms with van der Waals surface area (Å²) in [5.41, 5.74) is 2.23. The second-order valence-corrected chi connectivity index (χ2v) is 5.69. The molecular formula is C10H10ClNS2. The number of rotatable bonds is 2. The summed E-state index contributed by atoms with van der Waals surface area (Å²) in [6, 6.07) is 2.19. The van der Waals surface area contributed by atoms with Gasteiger partial charge in [0, 0.05) is 20.7 Å². The van der Waals surface area contributed by atoms with Crippen molar-refractivity contribution in [3.05, 3.63) is 26.9 Å². The Balaban J connectivity index is 2.43. The van der Waals surface area contributed by atoms with Crippen LogP contribution in [0.4, 0.5) is 0 Å². The molecule has 0 saturated heterocycles. The van der Waals surface area contributed by atoms with Crippen LogP contribution in [-0.2, 0) is 5.88 Å². The van der Waals surface area contributed by atoms with Gasteiger partial charge in [-0.3, -0.25) is 0 Å². The van der Waals surface area contributed by atoms with Gasteiger partial charge in [0.25, 0.3) is 0 Å². The zero-order chi connectivity index (χ0) is 10.1. The molecule has 0 spiro atoms. The van der Waals surface area contributed by atoms with Crippen LogP contribution < -0.4 is 0 Å². The third-order valence-corrected chi connectivity index (χ3v) is 4.12. The van der Waals surface area contributed by atoms with Crippen molar-refractivity contribution in [1.29, 1.82) is 0 Å². The second-order valence-electron chi connectivity index (χ2n) is 3.10. The maximum absolute atomic E-state index is 5.72. The maximum Gasteiger partial charge on any atom is 0.124 e. The van der Waals surface area contributed by atoms with Crippen LogP contribution in [-0.4, -0.2) is 4.98 Å². The minimum atomic E-state index is 0.499. The van der Waals surface area contributed by atoms with Crippen molar-refractivity contribution in [3.8, 4) is 10.6 Å². The van der Waals surface area contributed by atoms with Crippen LogP contribution in [0.15, 0.2) is 11.4 Å². The number of halogens is 1. The largest absolute Gasteiger partial charge is 0.240 e. The Morgan fingerprint density at radius 1 is 1.43 bits per heavy atom. The molecule has 74 valence electrons. The van der Waals surface area contributed by atoms with Crippen LogP contribution >= 0.6 is 34.3 Å². The fraction of sp³-hybridized carbons (Fsp3) is 0.300. The van der Waals surface area contributed by atoms with Gasteiger partial charge in [0.1, 0.15) is 5.01 Å². The number of nitrogens with zero attached hydrogens (tertiary/aromatic N) is 1. The van der Waals surface area contributed by atoms with Crippen LogP contribution in [0, 0.1) is 13.8 Å². The van der Waals surface area contributed by atoms with Crippen LogP contribution in [0.25, 0.3) is 10.6 Å². The molecular weight excluding hydrogens is 234 g/mol. The van der Waals surface area contributed by atoms with Gasteiger partial charge in [0.05, 0.1) is 11.6 Å². The third kappa shape index (κ3) is 1.85. The van der Waals surface area contributed by atoms with Gasteiger partial charge in [-0.25, -0.2) is 4.98 Å². The van der Waals surface area contributed by atoms with Gasteiger partial charge >= 0.3 is 0 Å². The standard InChI is InChI=1S/C10H10ClNS2/c1-6-3-9(7(2)14-6)10-12-8(4-11)5-13-10/h3,5H,4H2,1-2H3. The lowest BCUT2D eigenvalue weighted by molar-refractivity contribution is 1.23. The monoisotopic (exact) mass is 243 g/mol. The first-order valence-electron chi connectivity index (χ1n) is 4.28. The highest BCUT2D eigenvalue weighted by atomic mass is 35.5. The van der Waals surface area contributed by atoms with E-state index in [0.717, 1.165) is 10.7 Å². The zero-order valence-electron chi connectivity index (χ0n) is 8.00. The highest BCUT2D eigenvalue weighted by molar-refractivity contribution is 7.15. The summed E-state index contributed by atoms with van der Waals surface area (Å²) >= 11 is 9.20. The number of hydrogen-bond donors (Lipinski definition) is 0. The Labute approximate surface area is 96.4 Å². The molecule has 0 fully saturated rings. The molecule has 0 aliphatic carbocycles. The summed E-state index contributed by atoms with van der Waals surface area (Å²) in [5, 5.41) is 3.11. The Morgan fingerprint density at radius 2 is 2.21 bits per heavy atom. The molecule has 14 heavy (non-hydrogen) atoms. The van der Waals surface area contributed by atoms with Gasteiger partial charge in [0.15, 0.2) is 0 Å². The van der Waals surface area contributed by atoms with Crippen molar-refractivity contribution < 1.29 is 0 Å². The number of hydrogen-bond acceptors (Lipinski definition) is 3. The minimum absolute atomic E-state index is 0.499. The van der Waals surface area contributed by atoms with Crippen molar-refractivity contribution in [1.82, 2.24) is 4.98 Å². The molecule has 1 nitrogen and oxygen atoms in total. The molecule has 0 atom stereocenters. The molecule has 4 heteroatoms. The van der Waals surface area contributed by atoms with Crippen molar-refractivity contribution >= 4 is 34.3 Å². The molecule has 0 saturated carbocycles. The Bertz CT molecular complexity index is 445. The van der Waals surface area contributed by atoms with E-state index in [1.807, 2.05) is 16.7 Å². The topological polar surface area (TPSA) is 12.9 Å². The Kier molecular flexibility index (Phi) is 2.91. The number of thiophene rings is 1. The van der Waals surface area contributed by atoms with E-state index in [4.69, 9.17) is 11.6 Å². The molecule has 2 rings (SSSR count). The third-order valence-electron chi connectivity index (χ3n) is 1.96. The molecule has 0 radical (unpaired) electrons. The zero-order valence-corrected chi connectivity index (χ0v) is 10.4. The summed E-state index contributed by atoms with van der Waals surface area (Å²) < 4.78 is 0. The Hall–Kier alpha value is -0.380. The van der Waals surface area contributed by atoms with E-state index in [-0.39, 0.29) is 0 Å². The molecule has 0 aliphatic heterocycles. The molecule has 2 aromatic heterocycles. The summed E-state index contributed by atoms with van der Waals surface area (Å²) in [7, 11) is 0. The van der Waals surface area contributed by atoms with Crippen LogP contribution in [0.5, 0.6) is 0 Å². The molecule has 0 aromatic carbocycles. The van der Waals surface area contributed by atoms with E-state index >= 15 is 0 Å². The van der Waals surface area contributed by atoms with Gasteiger partial charge in [-0.1, -0.05) is 0 Å². The molecule has 2 aromatic rings. The van der Waals surface area contributed by atoms with Gasteiger partial charge in [-0.05, 0) is 19.9 Å². The van der Waals surface area contributed by atoms with Gasteiger partial charge < -0.3 is 0 Å². The Morgan fingerprint density at radius 3 is 2.71 bits per heavy atom. The molecule has 0 unspecified atom stereocenters. The average molecular weight is 244 g/mol. The van der Waals surface area contributed by atoms with E-state index in [0.29, 0.717) is 5.88 Å². The first-order chi connectivity index (χ1) is 6.70. The average Bonchev–Trinajstić information content (AvgIpc) is 2.71. The van der Waals surface area contributed by atoms with Gasteiger partial charge in [-0.2, -0.15) is 0 Å². The molecule has 0 bridgehead atoms. The molecule has 2 heterocycles. The maximum atomic E-state index is 5.72. The summed E-state index contributed by atoms with van der Waals surface area (Å²) in [5.74, 6) is 0.499. The highest BCUT2D eigenvalue weighted by Crippen LogP contribution is 2.32. The highest BCUT2D eigenvalue weighted by Gasteiger charge is 2.09. The van der Waals surface area contributed by atoms with Gasteiger partial charge in [-0.15, -0.1) is 34.3 Å². The lowest BCUT2D eigenvalue weighted by Crippen LogP contribution is -1.78. The van der Waals surface area contributed by atoms with E-state index in [2.05, 4.69) is 24.9 Å². The quantitative estimate of drug-likeness (QED) is 0.720. The van der Waals surface area contributed by atoms with Crippen molar-refractivity contribution in [2.75, 3.05) is 0 Å². The fourth-order valence-corrected chi connectivity index (χ4v) is 3.45. The van der Waals surface area contributed by atoms with Crippen LogP contribution in [0.2, 0.25) is 0 Å². The van der Waals surface area contributed by atoms with E-state index < -0.39 is 0 Å². The fourth-order valence-electron chi connectivity index (χ4n) is 1.34. The lowest BCUT2D eigenvalue weighted by Gasteiger charge is -1.91.